The van der Waals surface area contributed by atoms with Crippen molar-refractivity contribution in [3.8, 4) is 0 Å². The molecule has 0 aliphatic carbocycles. The third kappa shape index (κ3) is 4.90. The Kier molecular flexibility index (Phi) is 5.83. The van der Waals surface area contributed by atoms with Crippen molar-refractivity contribution < 1.29 is 4.74 Å². The van der Waals surface area contributed by atoms with Crippen LogP contribution in [-0.4, -0.2) is 55.3 Å². The third-order valence-corrected chi connectivity index (χ3v) is 4.46. The average Bonchev–Trinajstić information content (AvgIpc) is 3.13. The molecule has 0 radical (unpaired) electrons. The van der Waals surface area contributed by atoms with Crippen LogP contribution in [0.25, 0.3) is 0 Å². The van der Waals surface area contributed by atoms with Crippen molar-refractivity contribution in [3.63, 3.8) is 0 Å². The van der Waals surface area contributed by atoms with Gasteiger partial charge in [0.1, 0.15) is 5.82 Å². The van der Waals surface area contributed by atoms with Crippen molar-refractivity contribution in [2.24, 2.45) is 0 Å². The summed E-state index contributed by atoms with van der Waals surface area (Å²) in [6, 6.07) is 12.5. The van der Waals surface area contributed by atoms with Gasteiger partial charge in [0.05, 0.1) is 12.3 Å². The molecule has 2 N–H and O–H groups in total. The predicted octanol–water partition coefficient (Wildman–Crippen LogP) is 2.13. The number of nitrogens with zero attached hydrogens (tertiary/aromatic N) is 4. The van der Waals surface area contributed by atoms with Gasteiger partial charge in [-0.2, -0.15) is 4.98 Å². The largest absolute Gasteiger partial charge is 0.381 e. The number of ether oxygens (including phenoxy) is 1. The van der Waals surface area contributed by atoms with Crippen LogP contribution in [0, 0.1) is 0 Å². The van der Waals surface area contributed by atoms with E-state index < -0.39 is 0 Å². The average molecular weight is 341 g/mol. The van der Waals surface area contributed by atoms with Crippen LogP contribution in [0.15, 0.2) is 36.4 Å². The van der Waals surface area contributed by atoms with E-state index in [2.05, 4.69) is 64.2 Å². The van der Waals surface area contributed by atoms with Crippen LogP contribution in [0.5, 0.6) is 0 Å². The van der Waals surface area contributed by atoms with Gasteiger partial charge in [0, 0.05) is 38.2 Å². The van der Waals surface area contributed by atoms with Crippen LogP contribution in [0.1, 0.15) is 23.6 Å². The summed E-state index contributed by atoms with van der Waals surface area (Å²) < 4.78 is 5.50. The van der Waals surface area contributed by atoms with Crippen molar-refractivity contribution in [3.05, 3.63) is 47.7 Å². The zero-order valence-corrected chi connectivity index (χ0v) is 15.1. The van der Waals surface area contributed by atoms with E-state index in [1.165, 1.54) is 5.56 Å². The van der Waals surface area contributed by atoms with Crippen molar-refractivity contribution in [1.82, 2.24) is 14.9 Å². The zero-order valence-electron chi connectivity index (χ0n) is 15.1. The Bertz CT molecular complexity index is 671. The Morgan fingerprint density at radius 3 is 2.64 bits per heavy atom. The SMILES string of the molecule is CN(C)CCN(Cc1ccccc1)c1cc(C2CCOC2)nc(N)n1. The number of nitrogens with two attached hydrogens (primary N) is 1. The van der Waals surface area contributed by atoms with Crippen LogP contribution in [0.2, 0.25) is 0 Å². The molecule has 25 heavy (non-hydrogen) atoms. The van der Waals surface area contributed by atoms with E-state index in [0.717, 1.165) is 44.2 Å². The molecule has 1 fully saturated rings. The second-order valence-electron chi connectivity index (χ2n) is 6.78. The smallest absolute Gasteiger partial charge is 0.222 e. The van der Waals surface area contributed by atoms with Crippen LogP contribution < -0.4 is 10.6 Å². The van der Waals surface area contributed by atoms with Crippen molar-refractivity contribution in [2.45, 2.75) is 18.9 Å². The summed E-state index contributed by atoms with van der Waals surface area (Å²) in [5, 5.41) is 0. The Labute approximate surface area is 149 Å². The van der Waals surface area contributed by atoms with Gasteiger partial charge in [-0.1, -0.05) is 30.3 Å². The number of hydrogen-bond donors (Lipinski definition) is 1. The van der Waals surface area contributed by atoms with Gasteiger partial charge in [0.2, 0.25) is 5.95 Å². The van der Waals surface area contributed by atoms with Gasteiger partial charge in [-0.15, -0.1) is 0 Å². The lowest BCUT2D eigenvalue weighted by Gasteiger charge is -2.26. The fraction of sp³-hybridized carbons (Fsp3) is 0.474. The van der Waals surface area contributed by atoms with Gasteiger partial charge < -0.3 is 20.3 Å². The first-order valence-corrected chi connectivity index (χ1v) is 8.77. The molecule has 1 atom stereocenters. The molecule has 1 aromatic heterocycles. The van der Waals surface area contributed by atoms with E-state index in [1.807, 2.05) is 6.07 Å². The lowest BCUT2D eigenvalue weighted by atomic mass is 10.0. The maximum absolute atomic E-state index is 6.01. The van der Waals surface area contributed by atoms with Crippen LogP contribution in [0.4, 0.5) is 11.8 Å². The lowest BCUT2D eigenvalue weighted by molar-refractivity contribution is 0.193. The van der Waals surface area contributed by atoms with Gasteiger partial charge in [-0.05, 0) is 26.1 Å². The van der Waals surface area contributed by atoms with Gasteiger partial charge in [-0.25, -0.2) is 4.98 Å². The molecule has 0 spiro atoms. The number of anilines is 2. The summed E-state index contributed by atoms with van der Waals surface area (Å²) in [5.41, 5.74) is 8.26. The first-order chi connectivity index (χ1) is 12.1. The number of aromatic nitrogens is 2. The normalized spacial score (nSPS) is 17.2. The molecule has 0 bridgehead atoms. The first kappa shape index (κ1) is 17.6. The van der Waals surface area contributed by atoms with Gasteiger partial charge in [0.25, 0.3) is 0 Å². The van der Waals surface area contributed by atoms with Gasteiger partial charge >= 0.3 is 0 Å². The van der Waals surface area contributed by atoms with E-state index in [9.17, 15) is 0 Å². The summed E-state index contributed by atoms with van der Waals surface area (Å²) in [6.07, 6.45) is 0.992. The molecule has 1 aliphatic rings. The van der Waals surface area contributed by atoms with E-state index in [0.29, 0.717) is 18.5 Å². The van der Waals surface area contributed by atoms with E-state index in [-0.39, 0.29) is 0 Å². The summed E-state index contributed by atoms with van der Waals surface area (Å²) in [5.74, 6) is 1.54. The minimum Gasteiger partial charge on any atom is -0.381 e. The van der Waals surface area contributed by atoms with E-state index >= 15 is 0 Å². The molecule has 0 amide bonds. The van der Waals surface area contributed by atoms with Crippen LogP contribution in [-0.2, 0) is 11.3 Å². The Balaban J connectivity index is 1.85. The molecule has 2 aromatic rings. The summed E-state index contributed by atoms with van der Waals surface area (Å²) in [7, 11) is 4.16. The fourth-order valence-corrected chi connectivity index (χ4v) is 3.01. The van der Waals surface area contributed by atoms with Gasteiger partial charge in [-0.3, -0.25) is 0 Å². The Hall–Kier alpha value is -2.18. The number of hydrogen-bond acceptors (Lipinski definition) is 6. The van der Waals surface area contributed by atoms with E-state index in [1.54, 1.807) is 0 Å². The molecule has 1 unspecified atom stereocenters. The molecule has 6 nitrogen and oxygen atoms in total. The zero-order chi connectivity index (χ0) is 17.6. The number of likely N-dealkylation sites (N-methyl/N-ethyl adjacent to an activating group) is 1. The molecule has 6 heteroatoms. The van der Waals surface area contributed by atoms with Crippen LogP contribution in [0.3, 0.4) is 0 Å². The maximum atomic E-state index is 6.01. The minimum absolute atomic E-state index is 0.316. The van der Waals surface area contributed by atoms with Crippen molar-refractivity contribution in [1.29, 1.82) is 0 Å². The predicted molar refractivity (Wildman–Crippen MR) is 101 cm³/mol. The monoisotopic (exact) mass is 341 g/mol. The van der Waals surface area contributed by atoms with Gasteiger partial charge in [0.15, 0.2) is 0 Å². The third-order valence-electron chi connectivity index (χ3n) is 4.46. The highest BCUT2D eigenvalue weighted by Gasteiger charge is 2.21. The topological polar surface area (TPSA) is 67.5 Å². The standard InChI is InChI=1S/C19H27N5O/c1-23(2)9-10-24(13-15-6-4-3-5-7-15)18-12-17(21-19(20)22-18)16-8-11-25-14-16/h3-7,12,16H,8-11,13-14H2,1-2H3,(H2,20,21,22). The second-order valence-corrected chi connectivity index (χ2v) is 6.78. The molecule has 1 saturated heterocycles. The molecule has 134 valence electrons. The fourth-order valence-electron chi connectivity index (χ4n) is 3.01. The maximum Gasteiger partial charge on any atom is 0.222 e. The number of benzene rings is 1. The molecular weight excluding hydrogens is 314 g/mol. The highest BCUT2D eigenvalue weighted by Crippen LogP contribution is 2.27. The second kappa shape index (κ2) is 8.27. The highest BCUT2D eigenvalue weighted by atomic mass is 16.5. The molecule has 0 saturated carbocycles. The Morgan fingerprint density at radius 1 is 1.16 bits per heavy atom. The lowest BCUT2D eigenvalue weighted by Crippen LogP contribution is -2.32. The van der Waals surface area contributed by atoms with Crippen molar-refractivity contribution >= 4 is 11.8 Å². The summed E-state index contributed by atoms with van der Waals surface area (Å²) in [4.78, 5) is 13.4. The molecule has 1 aromatic carbocycles. The van der Waals surface area contributed by atoms with Crippen LogP contribution >= 0.6 is 0 Å². The quantitative estimate of drug-likeness (QED) is 0.832. The number of nitrogen functional groups attached to an aromatic ring is 1. The molecular formula is C19H27N5O. The van der Waals surface area contributed by atoms with E-state index in [4.69, 9.17) is 10.5 Å². The molecule has 1 aliphatic heterocycles. The molecule has 2 heterocycles. The summed E-state index contributed by atoms with van der Waals surface area (Å²) >= 11 is 0. The molecule has 3 rings (SSSR count). The Morgan fingerprint density at radius 2 is 1.96 bits per heavy atom. The first-order valence-electron chi connectivity index (χ1n) is 8.77. The minimum atomic E-state index is 0.316. The summed E-state index contributed by atoms with van der Waals surface area (Å²) in [6.45, 7) is 4.12. The highest BCUT2D eigenvalue weighted by molar-refractivity contribution is 5.45. The number of rotatable bonds is 7. The van der Waals surface area contributed by atoms with Crippen molar-refractivity contribution in [2.75, 3.05) is 51.0 Å².